The van der Waals surface area contributed by atoms with Gasteiger partial charge in [-0.3, -0.25) is 5.32 Å². The highest BCUT2D eigenvalue weighted by molar-refractivity contribution is 5.89. The molecule has 28 heavy (non-hydrogen) atoms. The van der Waals surface area contributed by atoms with E-state index < -0.39 is 6.09 Å². The Labute approximate surface area is 168 Å². The number of ether oxygens (including phenoxy) is 2. The lowest BCUT2D eigenvalue weighted by molar-refractivity contribution is 0.151. The fourth-order valence-electron chi connectivity index (χ4n) is 2.97. The third-order valence-corrected chi connectivity index (χ3v) is 4.58. The van der Waals surface area contributed by atoms with Crippen molar-refractivity contribution in [3.8, 4) is 22.8 Å². The number of cyclic esters (lactones) is 1. The Morgan fingerprint density at radius 3 is 2.96 bits per heavy atom. The number of pyridine rings is 1. The molecule has 2 aliphatic rings. The van der Waals surface area contributed by atoms with E-state index in [4.69, 9.17) is 15.2 Å². The number of aromatic hydroxyl groups is 1. The van der Waals surface area contributed by atoms with Gasteiger partial charge >= 0.3 is 6.09 Å². The molecule has 2 heterocycles. The van der Waals surface area contributed by atoms with Crippen LogP contribution in [0.2, 0.25) is 0 Å². The van der Waals surface area contributed by atoms with Crippen molar-refractivity contribution in [2.75, 3.05) is 30.3 Å². The molecule has 2 aromatic rings. The predicted octanol–water partition coefficient (Wildman–Crippen LogP) is 3.10. The lowest BCUT2D eigenvalue weighted by atomic mass is 10.1. The fourth-order valence-corrected chi connectivity index (χ4v) is 2.97. The van der Waals surface area contributed by atoms with Gasteiger partial charge in [0.1, 0.15) is 23.9 Å². The van der Waals surface area contributed by atoms with Crippen LogP contribution in [0.1, 0.15) is 18.4 Å². The van der Waals surface area contributed by atoms with Crippen molar-refractivity contribution in [1.82, 2.24) is 4.98 Å². The van der Waals surface area contributed by atoms with Crippen LogP contribution in [0.25, 0.3) is 11.3 Å². The smallest absolute Gasteiger partial charge is 0.413 e. The first-order valence-electron chi connectivity index (χ1n) is 9.02. The molecule has 1 aliphatic carbocycles. The van der Waals surface area contributed by atoms with Gasteiger partial charge in [-0.25, -0.2) is 9.78 Å². The standard InChI is InChI=1S/C19H22N4O4.ClH/c20-6-7-21-13-8-14(22-18-12(13)10-27-19(25)23-18)17-15(24)2-1-3-16(17)26-9-11-4-5-11;/h1-3,8,11,24H,4-7,9-10,20H2,(H2,21,22,23,25);1H. The van der Waals surface area contributed by atoms with Gasteiger partial charge in [-0.15, -0.1) is 12.4 Å². The number of hydrogen-bond acceptors (Lipinski definition) is 7. The Balaban J connectivity index is 0.00000225. The normalized spacial score (nSPS) is 15.0. The topological polar surface area (TPSA) is 119 Å². The van der Waals surface area contributed by atoms with Gasteiger partial charge in [0.05, 0.1) is 23.4 Å². The monoisotopic (exact) mass is 406 g/mol. The molecule has 0 atom stereocenters. The summed E-state index contributed by atoms with van der Waals surface area (Å²) in [5.74, 6) is 1.62. The molecule has 0 radical (unpaired) electrons. The molecule has 1 fully saturated rings. The van der Waals surface area contributed by atoms with Crippen LogP contribution in [0.3, 0.4) is 0 Å². The van der Waals surface area contributed by atoms with Crippen LogP contribution in [-0.2, 0) is 11.3 Å². The first kappa shape index (κ1) is 20.0. The molecule has 0 bridgehead atoms. The molecule has 8 nitrogen and oxygen atoms in total. The number of phenols is 1. The van der Waals surface area contributed by atoms with Crippen LogP contribution in [0.5, 0.6) is 11.5 Å². The Morgan fingerprint density at radius 1 is 1.39 bits per heavy atom. The summed E-state index contributed by atoms with van der Waals surface area (Å²) in [5, 5.41) is 16.3. The summed E-state index contributed by atoms with van der Waals surface area (Å²) in [6.07, 6.45) is 1.79. The molecule has 9 heteroatoms. The maximum absolute atomic E-state index is 11.6. The first-order chi connectivity index (χ1) is 13.2. The molecule has 1 aliphatic heterocycles. The van der Waals surface area contributed by atoms with Crippen molar-refractivity contribution >= 4 is 30.0 Å². The van der Waals surface area contributed by atoms with E-state index in [1.54, 1.807) is 12.1 Å². The number of anilines is 2. The number of nitrogens with zero attached hydrogens (tertiary/aromatic N) is 1. The number of hydrogen-bond donors (Lipinski definition) is 4. The summed E-state index contributed by atoms with van der Waals surface area (Å²) in [6, 6.07) is 6.96. The van der Waals surface area contributed by atoms with Gasteiger partial charge in [0.25, 0.3) is 0 Å². The minimum atomic E-state index is -0.556. The van der Waals surface area contributed by atoms with E-state index in [-0.39, 0.29) is 24.8 Å². The molecule has 1 amide bonds. The lowest BCUT2D eigenvalue weighted by Crippen LogP contribution is -2.23. The summed E-state index contributed by atoms with van der Waals surface area (Å²) in [6.45, 7) is 1.74. The molecule has 4 rings (SSSR count). The highest BCUT2D eigenvalue weighted by Crippen LogP contribution is 2.41. The van der Waals surface area contributed by atoms with Crippen LogP contribution < -0.4 is 21.1 Å². The van der Waals surface area contributed by atoms with E-state index in [0.29, 0.717) is 48.4 Å². The Hall–Kier alpha value is -2.71. The van der Waals surface area contributed by atoms with Gasteiger partial charge < -0.3 is 25.6 Å². The van der Waals surface area contributed by atoms with Gasteiger partial charge in [-0.05, 0) is 37.0 Å². The lowest BCUT2D eigenvalue weighted by Gasteiger charge is -2.22. The van der Waals surface area contributed by atoms with E-state index in [1.165, 1.54) is 12.8 Å². The maximum atomic E-state index is 11.6. The zero-order valence-electron chi connectivity index (χ0n) is 15.2. The van der Waals surface area contributed by atoms with Gasteiger partial charge in [0.2, 0.25) is 0 Å². The average molecular weight is 407 g/mol. The van der Waals surface area contributed by atoms with Crippen molar-refractivity contribution in [3.63, 3.8) is 0 Å². The first-order valence-corrected chi connectivity index (χ1v) is 9.02. The summed E-state index contributed by atoms with van der Waals surface area (Å²) < 4.78 is 11.0. The quantitative estimate of drug-likeness (QED) is 0.557. The minimum absolute atomic E-state index is 0. The third-order valence-electron chi connectivity index (χ3n) is 4.58. The van der Waals surface area contributed by atoms with Crippen LogP contribution in [0, 0.1) is 5.92 Å². The van der Waals surface area contributed by atoms with E-state index in [1.807, 2.05) is 12.1 Å². The summed E-state index contributed by atoms with van der Waals surface area (Å²) in [4.78, 5) is 16.2. The second-order valence-electron chi connectivity index (χ2n) is 6.70. The maximum Gasteiger partial charge on any atom is 0.413 e. The molecule has 0 saturated heterocycles. The number of amides is 1. The zero-order valence-corrected chi connectivity index (χ0v) is 16.1. The SMILES string of the molecule is Cl.NCCNc1cc(-c2c(O)cccc2OCC2CC2)nc2c1COC(=O)N2. The second-order valence-corrected chi connectivity index (χ2v) is 6.70. The number of carbonyl (C=O) groups is 1. The highest BCUT2D eigenvalue weighted by atomic mass is 35.5. The zero-order chi connectivity index (χ0) is 18.8. The molecule has 0 spiro atoms. The van der Waals surface area contributed by atoms with Crippen molar-refractivity contribution in [3.05, 3.63) is 29.8 Å². The molecule has 1 aromatic carbocycles. The largest absolute Gasteiger partial charge is 0.507 e. The van der Waals surface area contributed by atoms with E-state index in [0.717, 1.165) is 11.3 Å². The van der Waals surface area contributed by atoms with Crippen LogP contribution >= 0.6 is 12.4 Å². The molecule has 0 unspecified atom stereocenters. The third kappa shape index (κ3) is 4.23. The minimum Gasteiger partial charge on any atom is -0.507 e. The number of fused-ring (bicyclic) bond motifs is 1. The van der Waals surface area contributed by atoms with Crippen LogP contribution in [0.4, 0.5) is 16.3 Å². The predicted molar refractivity (Wildman–Crippen MR) is 108 cm³/mol. The number of benzene rings is 1. The number of carbonyl (C=O) groups excluding carboxylic acids is 1. The molecular weight excluding hydrogens is 384 g/mol. The number of phenolic OH excluding ortho intramolecular Hbond substituents is 1. The molecule has 150 valence electrons. The van der Waals surface area contributed by atoms with E-state index >= 15 is 0 Å². The number of nitrogens with one attached hydrogen (secondary N) is 2. The van der Waals surface area contributed by atoms with Gasteiger partial charge in [-0.1, -0.05) is 6.07 Å². The summed E-state index contributed by atoms with van der Waals surface area (Å²) in [7, 11) is 0. The summed E-state index contributed by atoms with van der Waals surface area (Å²) in [5.41, 5.74) is 8.09. The van der Waals surface area contributed by atoms with Gasteiger partial charge in [0.15, 0.2) is 0 Å². The Bertz CT molecular complexity index is 873. The van der Waals surface area contributed by atoms with Crippen molar-refractivity contribution in [2.45, 2.75) is 19.4 Å². The van der Waals surface area contributed by atoms with Gasteiger partial charge in [-0.2, -0.15) is 0 Å². The Kier molecular flexibility index (Phi) is 6.11. The number of rotatable bonds is 7. The number of halogens is 1. The van der Waals surface area contributed by atoms with E-state index in [2.05, 4.69) is 15.6 Å². The average Bonchev–Trinajstić information content (AvgIpc) is 3.48. The van der Waals surface area contributed by atoms with Gasteiger partial charge in [0, 0.05) is 18.8 Å². The number of aromatic nitrogens is 1. The van der Waals surface area contributed by atoms with E-state index in [9.17, 15) is 9.90 Å². The van der Waals surface area contributed by atoms with Crippen molar-refractivity contribution < 1.29 is 19.4 Å². The van der Waals surface area contributed by atoms with Crippen LogP contribution in [-0.4, -0.2) is 35.9 Å². The highest BCUT2D eigenvalue weighted by Gasteiger charge is 2.25. The summed E-state index contributed by atoms with van der Waals surface area (Å²) >= 11 is 0. The molecule has 5 N–H and O–H groups in total. The molecule has 1 aromatic heterocycles. The van der Waals surface area contributed by atoms with Crippen molar-refractivity contribution in [2.24, 2.45) is 11.7 Å². The molecular formula is C19H23ClN4O4. The fraction of sp³-hybridized carbons (Fsp3) is 0.368. The second kappa shape index (κ2) is 8.53. The molecule has 1 saturated carbocycles. The van der Waals surface area contributed by atoms with Crippen molar-refractivity contribution in [1.29, 1.82) is 0 Å². The van der Waals surface area contributed by atoms with Crippen LogP contribution in [0.15, 0.2) is 24.3 Å². The Morgan fingerprint density at radius 2 is 2.21 bits per heavy atom. The number of nitrogens with two attached hydrogens (primary N) is 1.